The van der Waals surface area contributed by atoms with Gasteiger partial charge in [0.25, 0.3) is 0 Å². The largest absolute Gasteiger partial charge is 0.365 e. The molecule has 2 heterocycles. The van der Waals surface area contributed by atoms with E-state index in [1.165, 1.54) is 17.6 Å². The number of thiazole rings is 1. The van der Waals surface area contributed by atoms with Gasteiger partial charge in [0, 0.05) is 25.2 Å². The topological polar surface area (TPSA) is 96.9 Å². The maximum Gasteiger partial charge on any atom is 0.227 e. The zero-order valence-corrected chi connectivity index (χ0v) is 15.6. The van der Waals surface area contributed by atoms with Gasteiger partial charge in [-0.15, -0.1) is 0 Å². The van der Waals surface area contributed by atoms with Crippen molar-refractivity contribution in [1.29, 1.82) is 0 Å². The Morgan fingerprint density at radius 1 is 1.08 bits per heavy atom. The van der Waals surface area contributed by atoms with Crippen molar-refractivity contribution in [2.75, 3.05) is 23.9 Å². The molecule has 0 atom stereocenters. The Morgan fingerprint density at radius 3 is 2.40 bits per heavy atom. The first-order valence-electron chi connectivity index (χ1n) is 7.42. The highest BCUT2D eigenvalue weighted by atomic mass is 32.2. The smallest absolute Gasteiger partial charge is 0.227 e. The lowest BCUT2D eigenvalue weighted by molar-refractivity contribution is 0.602. The summed E-state index contributed by atoms with van der Waals surface area (Å²) in [6.07, 6.45) is 2.85. The Hall–Kier alpha value is -2.52. The fourth-order valence-electron chi connectivity index (χ4n) is 2.20. The third kappa shape index (κ3) is 3.94. The van der Waals surface area contributed by atoms with Gasteiger partial charge in [-0.3, -0.25) is 0 Å². The van der Waals surface area contributed by atoms with Gasteiger partial charge in [-0.05, 0) is 37.3 Å². The SMILES string of the molecule is CNc1nc(C)c(-c2ccnc(Nc3ccc(S(C)(=O)=O)cc3)n2)s1. The molecule has 3 rings (SSSR count). The van der Waals surface area contributed by atoms with Crippen molar-refractivity contribution >= 4 is 37.9 Å². The summed E-state index contributed by atoms with van der Waals surface area (Å²) < 4.78 is 23.0. The van der Waals surface area contributed by atoms with Gasteiger partial charge in [0.05, 0.1) is 21.2 Å². The number of nitrogens with zero attached hydrogens (tertiary/aromatic N) is 3. The Balaban J connectivity index is 1.85. The van der Waals surface area contributed by atoms with Crippen LogP contribution in [0.4, 0.5) is 16.8 Å². The molecule has 9 heteroatoms. The molecular weight excluding hydrogens is 358 g/mol. The molecule has 0 spiro atoms. The number of aromatic nitrogens is 3. The molecule has 2 aromatic heterocycles. The Bertz CT molecular complexity index is 998. The lowest BCUT2D eigenvalue weighted by Crippen LogP contribution is -1.99. The molecule has 1 aromatic carbocycles. The number of hydrogen-bond acceptors (Lipinski definition) is 8. The zero-order chi connectivity index (χ0) is 18.0. The van der Waals surface area contributed by atoms with Crippen molar-refractivity contribution in [3.8, 4) is 10.6 Å². The van der Waals surface area contributed by atoms with Crippen LogP contribution in [0, 0.1) is 6.92 Å². The van der Waals surface area contributed by atoms with Crippen LogP contribution in [0.1, 0.15) is 5.69 Å². The minimum absolute atomic E-state index is 0.271. The molecule has 0 fully saturated rings. The van der Waals surface area contributed by atoms with Gasteiger partial charge >= 0.3 is 0 Å². The number of sulfone groups is 1. The third-order valence-electron chi connectivity index (χ3n) is 3.44. The Kier molecular flexibility index (Phi) is 4.69. The zero-order valence-electron chi connectivity index (χ0n) is 13.9. The first-order valence-corrected chi connectivity index (χ1v) is 10.1. The monoisotopic (exact) mass is 375 g/mol. The van der Waals surface area contributed by atoms with Gasteiger partial charge in [0.2, 0.25) is 5.95 Å². The molecule has 0 bridgehead atoms. The van der Waals surface area contributed by atoms with E-state index in [2.05, 4.69) is 25.6 Å². The van der Waals surface area contributed by atoms with E-state index in [1.54, 1.807) is 30.5 Å². The van der Waals surface area contributed by atoms with E-state index in [4.69, 9.17) is 0 Å². The van der Waals surface area contributed by atoms with E-state index in [9.17, 15) is 8.42 Å². The van der Waals surface area contributed by atoms with Gasteiger partial charge in [-0.25, -0.2) is 23.4 Å². The molecular formula is C16H17N5O2S2. The maximum atomic E-state index is 11.5. The predicted octanol–water partition coefficient (Wildman–Crippen LogP) is 3.10. The predicted molar refractivity (Wildman–Crippen MR) is 100 cm³/mol. The number of rotatable bonds is 5. The van der Waals surface area contributed by atoms with Crippen molar-refractivity contribution in [2.24, 2.45) is 0 Å². The molecule has 0 saturated carbocycles. The lowest BCUT2D eigenvalue weighted by atomic mass is 10.3. The van der Waals surface area contributed by atoms with Crippen molar-refractivity contribution in [3.05, 3.63) is 42.2 Å². The van der Waals surface area contributed by atoms with Crippen LogP contribution in [0.3, 0.4) is 0 Å². The molecule has 0 unspecified atom stereocenters. The molecule has 0 radical (unpaired) electrons. The summed E-state index contributed by atoms with van der Waals surface area (Å²) in [4.78, 5) is 14.4. The molecule has 3 aromatic rings. The van der Waals surface area contributed by atoms with Crippen LogP contribution >= 0.6 is 11.3 Å². The Morgan fingerprint density at radius 2 is 1.80 bits per heavy atom. The second-order valence-corrected chi connectivity index (χ2v) is 8.39. The van der Waals surface area contributed by atoms with Gasteiger partial charge < -0.3 is 10.6 Å². The average Bonchev–Trinajstić information content (AvgIpc) is 2.96. The lowest BCUT2D eigenvalue weighted by Gasteiger charge is -2.07. The normalized spacial score (nSPS) is 11.3. The second kappa shape index (κ2) is 6.77. The molecule has 0 aliphatic rings. The molecule has 2 N–H and O–H groups in total. The molecule has 25 heavy (non-hydrogen) atoms. The van der Waals surface area contributed by atoms with E-state index in [-0.39, 0.29) is 4.90 Å². The summed E-state index contributed by atoms with van der Waals surface area (Å²) >= 11 is 1.53. The molecule has 0 saturated heterocycles. The highest BCUT2D eigenvalue weighted by Crippen LogP contribution is 2.31. The van der Waals surface area contributed by atoms with Crippen molar-refractivity contribution < 1.29 is 8.42 Å². The van der Waals surface area contributed by atoms with Crippen molar-refractivity contribution in [1.82, 2.24) is 15.0 Å². The minimum atomic E-state index is -3.21. The molecule has 130 valence electrons. The molecule has 7 nitrogen and oxygen atoms in total. The van der Waals surface area contributed by atoms with Gasteiger partial charge in [-0.1, -0.05) is 11.3 Å². The number of nitrogens with one attached hydrogen (secondary N) is 2. The molecule has 0 amide bonds. The summed E-state index contributed by atoms with van der Waals surface area (Å²) in [7, 11) is -1.38. The summed E-state index contributed by atoms with van der Waals surface area (Å²) in [6.45, 7) is 1.94. The second-order valence-electron chi connectivity index (χ2n) is 5.37. The van der Waals surface area contributed by atoms with Crippen LogP contribution in [0.25, 0.3) is 10.6 Å². The number of hydrogen-bond donors (Lipinski definition) is 2. The quantitative estimate of drug-likeness (QED) is 0.707. The first-order chi connectivity index (χ1) is 11.9. The van der Waals surface area contributed by atoms with E-state index in [0.29, 0.717) is 11.6 Å². The van der Waals surface area contributed by atoms with Gasteiger partial charge in [0.1, 0.15) is 0 Å². The standard InChI is InChI=1S/C16H17N5O2S2/c1-10-14(24-16(17-2)19-10)13-8-9-18-15(21-13)20-11-4-6-12(7-5-11)25(3,22)23/h4-9H,1-3H3,(H,17,19)(H,18,20,21). The van der Waals surface area contributed by atoms with Crippen LogP contribution < -0.4 is 10.6 Å². The Labute approximate surface area is 150 Å². The highest BCUT2D eigenvalue weighted by Gasteiger charge is 2.12. The van der Waals surface area contributed by atoms with E-state index in [1.807, 2.05) is 20.0 Å². The summed E-state index contributed by atoms with van der Waals surface area (Å²) in [6, 6.07) is 8.30. The number of benzene rings is 1. The highest BCUT2D eigenvalue weighted by molar-refractivity contribution is 7.90. The molecule has 0 aliphatic heterocycles. The average molecular weight is 375 g/mol. The van der Waals surface area contributed by atoms with E-state index in [0.717, 1.165) is 21.4 Å². The van der Waals surface area contributed by atoms with Crippen molar-refractivity contribution in [3.63, 3.8) is 0 Å². The van der Waals surface area contributed by atoms with E-state index >= 15 is 0 Å². The van der Waals surface area contributed by atoms with Crippen LogP contribution in [0.15, 0.2) is 41.4 Å². The maximum absolute atomic E-state index is 11.5. The summed E-state index contributed by atoms with van der Waals surface area (Å²) in [5.41, 5.74) is 2.39. The first kappa shape index (κ1) is 17.3. The van der Waals surface area contributed by atoms with Gasteiger partial charge in [-0.2, -0.15) is 0 Å². The van der Waals surface area contributed by atoms with Crippen LogP contribution in [-0.4, -0.2) is 36.7 Å². The fourth-order valence-corrected chi connectivity index (χ4v) is 3.72. The third-order valence-corrected chi connectivity index (χ3v) is 5.76. The van der Waals surface area contributed by atoms with E-state index < -0.39 is 9.84 Å². The molecule has 0 aliphatic carbocycles. The van der Waals surface area contributed by atoms with Crippen LogP contribution in [0.5, 0.6) is 0 Å². The summed E-state index contributed by atoms with van der Waals surface area (Å²) in [5.74, 6) is 0.434. The van der Waals surface area contributed by atoms with Crippen LogP contribution in [0.2, 0.25) is 0 Å². The number of anilines is 3. The van der Waals surface area contributed by atoms with Gasteiger partial charge in [0.15, 0.2) is 15.0 Å². The van der Waals surface area contributed by atoms with Crippen LogP contribution in [-0.2, 0) is 9.84 Å². The van der Waals surface area contributed by atoms with Crippen molar-refractivity contribution in [2.45, 2.75) is 11.8 Å². The minimum Gasteiger partial charge on any atom is -0.365 e. The number of aryl methyl sites for hydroxylation is 1. The summed E-state index contributed by atoms with van der Waals surface area (Å²) in [5, 5.41) is 6.94. The fraction of sp³-hybridized carbons (Fsp3) is 0.188.